The van der Waals surface area contributed by atoms with E-state index >= 15 is 0 Å². The first-order chi connectivity index (χ1) is 13.6. The zero-order valence-corrected chi connectivity index (χ0v) is 16.1. The van der Waals surface area contributed by atoms with Gasteiger partial charge in [0.1, 0.15) is 5.76 Å². The van der Waals surface area contributed by atoms with Gasteiger partial charge in [-0.3, -0.25) is 14.3 Å². The summed E-state index contributed by atoms with van der Waals surface area (Å²) in [4.78, 5) is 25.3. The number of nitrogens with zero attached hydrogens (tertiary/aromatic N) is 4. The summed E-state index contributed by atoms with van der Waals surface area (Å²) in [6.07, 6.45) is 1.62. The molecule has 0 radical (unpaired) electrons. The molecule has 3 aromatic rings. The molecule has 1 saturated heterocycles. The van der Waals surface area contributed by atoms with Crippen molar-refractivity contribution in [3.05, 3.63) is 54.0 Å². The fourth-order valence-electron chi connectivity index (χ4n) is 3.03. The standard InChI is InChI=1S/C19H19N5O3S/c1-13-15(7-10-27-13)17-21-22-19(24(17)11-14-5-3-2-4-6-14)28-12-16(25)23-9-8-20-18(23)26/h2-7,10H,8-9,11-12H2,1H3,(H,20,26). The van der Waals surface area contributed by atoms with E-state index in [-0.39, 0.29) is 17.7 Å². The van der Waals surface area contributed by atoms with Crippen LogP contribution in [0.15, 0.2) is 52.2 Å². The van der Waals surface area contributed by atoms with E-state index < -0.39 is 0 Å². The number of thioether (sulfide) groups is 1. The average Bonchev–Trinajstić information content (AvgIpc) is 3.41. The topological polar surface area (TPSA) is 93.3 Å². The van der Waals surface area contributed by atoms with Crippen molar-refractivity contribution in [1.82, 2.24) is 25.0 Å². The van der Waals surface area contributed by atoms with Gasteiger partial charge in [0, 0.05) is 13.1 Å². The van der Waals surface area contributed by atoms with Crippen LogP contribution in [0.5, 0.6) is 0 Å². The molecule has 28 heavy (non-hydrogen) atoms. The Labute approximate surface area is 165 Å². The van der Waals surface area contributed by atoms with Crippen LogP contribution in [0.4, 0.5) is 4.79 Å². The minimum Gasteiger partial charge on any atom is -0.469 e. The van der Waals surface area contributed by atoms with Crippen LogP contribution in [0.2, 0.25) is 0 Å². The molecule has 0 bridgehead atoms. The molecule has 1 aliphatic rings. The first kappa shape index (κ1) is 18.3. The molecular weight excluding hydrogens is 378 g/mol. The van der Waals surface area contributed by atoms with Crippen LogP contribution in [0.1, 0.15) is 11.3 Å². The number of rotatable bonds is 6. The Morgan fingerprint density at radius 1 is 1.25 bits per heavy atom. The second kappa shape index (κ2) is 7.89. The molecule has 0 aliphatic carbocycles. The highest BCUT2D eigenvalue weighted by atomic mass is 32.2. The number of carbonyl (C=O) groups excluding carboxylic acids is 2. The lowest BCUT2D eigenvalue weighted by Gasteiger charge is -2.13. The Kier molecular flexibility index (Phi) is 5.16. The normalized spacial score (nSPS) is 13.8. The molecule has 8 nitrogen and oxygen atoms in total. The zero-order valence-electron chi connectivity index (χ0n) is 15.3. The van der Waals surface area contributed by atoms with E-state index in [4.69, 9.17) is 4.42 Å². The summed E-state index contributed by atoms with van der Waals surface area (Å²) in [5.41, 5.74) is 1.96. The van der Waals surface area contributed by atoms with Crippen LogP contribution >= 0.6 is 11.8 Å². The van der Waals surface area contributed by atoms with Gasteiger partial charge >= 0.3 is 6.03 Å². The Hall–Kier alpha value is -3.07. The predicted molar refractivity (Wildman–Crippen MR) is 104 cm³/mol. The van der Waals surface area contributed by atoms with E-state index in [1.807, 2.05) is 47.9 Å². The third-order valence-electron chi connectivity index (χ3n) is 4.48. The van der Waals surface area contributed by atoms with Crippen molar-refractivity contribution in [2.45, 2.75) is 18.6 Å². The van der Waals surface area contributed by atoms with Gasteiger partial charge in [-0.2, -0.15) is 0 Å². The molecule has 9 heteroatoms. The van der Waals surface area contributed by atoms with Crippen molar-refractivity contribution in [2.24, 2.45) is 0 Å². The van der Waals surface area contributed by atoms with E-state index in [0.717, 1.165) is 16.9 Å². The van der Waals surface area contributed by atoms with Gasteiger partial charge in [0.25, 0.3) is 0 Å². The van der Waals surface area contributed by atoms with Gasteiger partial charge in [-0.1, -0.05) is 42.1 Å². The summed E-state index contributed by atoms with van der Waals surface area (Å²) in [7, 11) is 0. The van der Waals surface area contributed by atoms with Gasteiger partial charge in [0.05, 0.1) is 24.1 Å². The number of aryl methyl sites for hydroxylation is 1. The summed E-state index contributed by atoms with van der Waals surface area (Å²) in [5.74, 6) is 1.31. The van der Waals surface area contributed by atoms with Crippen LogP contribution in [0.3, 0.4) is 0 Å². The summed E-state index contributed by atoms with van der Waals surface area (Å²) in [5, 5.41) is 11.9. The van der Waals surface area contributed by atoms with E-state index in [9.17, 15) is 9.59 Å². The third-order valence-corrected chi connectivity index (χ3v) is 5.43. The number of hydrogen-bond donors (Lipinski definition) is 1. The fourth-order valence-corrected chi connectivity index (χ4v) is 3.85. The average molecular weight is 397 g/mol. The molecule has 3 amide bonds. The lowest BCUT2D eigenvalue weighted by Crippen LogP contribution is -2.35. The highest BCUT2D eigenvalue weighted by molar-refractivity contribution is 7.99. The van der Waals surface area contributed by atoms with E-state index in [1.54, 1.807) is 6.26 Å². The smallest absolute Gasteiger partial charge is 0.324 e. The minimum absolute atomic E-state index is 0.116. The number of benzene rings is 1. The monoisotopic (exact) mass is 397 g/mol. The maximum absolute atomic E-state index is 12.4. The van der Waals surface area contributed by atoms with Gasteiger partial charge in [0.2, 0.25) is 5.91 Å². The van der Waals surface area contributed by atoms with Gasteiger partial charge in [-0.05, 0) is 18.6 Å². The van der Waals surface area contributed by atoms with Gasteiger partial charge in [0.15, 0.2) is 11.0 Å². The number of furan rings is 1. The molecular formula is C19H19N5O3S. The summed E-state index contributed by atoms with van der Waals surface area (Å²) in [6.45, 7) is 3.32. The van der Waals surface area contributed by atoms with Crippen molar-refractivity contribution in [2.75, 3.05) is 18.8 Å². The minimum atomic E-state index is -0.342. The number of urea groups is 1. The Morgan fingerprint density at radius 2 is 2.07 bits per heavy atom. The number of hydrogen-bond acceptors (Lipinski definition) is 6. The van der Waals surface area contributed by atoms with Crippen molar-refractivity contribution in [3.8, 4) is 11.4 Å². The fraction of sp³-hybridized carbons (Fsp3) is 0.263. The highest BCUT2D eigenvalue weighted by Crippen LogP contribution is 2.28. The highest BCUT2D eigenvalue weighted by Gasteiger charge is 2.27. The van der Waals surface area contributed by atoms with Crippen LogP contribution in [-0.2, 0) is 11.3 Å². The second-order valence-electron chi connectivity index (χ2n) is 6.33. The van der Waals surface area contributed by atoms with Crippen LogP contribution in [-0.4, -0.2) is 50.4 Å². The zero-order chi connectivity index (χ0) is 19.5. The molecule has 4 rings (SSSR count). The summed E-state index contributed by atoms with van der Waals surface area (Å²) in [6, 6.07) is 11.5. The van der Waals surface area contributed by atoms with Gasteiger partial charge in [-0.25, -0.2) is 4.79 Å². The number of aromatic nitrogens is 3. The van der Waals surface area contributed by atoms with Crippen LogP contribution < -0.4 is 5.32 Å². The first-order valence-corrected chi connectivity index (χ1v) is 9.84. The molecule has 0 atom stereocenters. The lowest BCUT2D eigenvalue weighted by molar-refractivity contribution is -0.124. The van der Waals surface area contributed by atoms with Gasteiger partial charge in [-0.15, -0.1) is 10.2 Å². The first-order valence-electron chi connectivity index (χ1n) is 8.86. The largest absolute Gasteiger partial charge is 0.469 e. The van der Waals surface area contributed by atoms with Crippen molar-refractivity contribution < 1.29 is 14.0 Å². The molecule has 1 aromatic carbocycles. The number of nitrogens with one attached hydrogen (secondary N) is 1. The maximum atomic E-state index is 12.4. The molecule has 0 saturated carbocycles. The summed E-state index contributed by atoms with van der Waals surface area (Å²) >= 11 is 1.27. The van der Waals surface area contributed by atoms with Crippen LogP contribution in [0.25, 0.3) is 11.4 Å². The number of amides is 3. The molecule has 1 fully saturated rings. The molecule has 3 heterocycles. The Bertz CT molecular complexity index is 998. The SMILES string of the molecule is Cc1occc1-c1nnc(SCC(=O)N2CCNC2=O)n1Cc1ccccc1. The molecule has 0 unspecified atom stereocenters. The molecule has 0 spiro atoms. The van der Waals surface area contributed by atoms with Crippen molar-refractivity contribution >= 4 is 23.7 Å². The van der Waals surface area contributed by atoms with Gasteiger partial charge < -0.3 is 9.73 Å². The van der Waals surface area contributed by atoms with E-state index in [1.165, 1.54) is 16.7 Å². The van der Waals surface area contributed by atoms with E-state index in [0.29, 0.717) is 30.6 Å². The summed E-state index contributed by atoms with van der Waals surface area (Å²) < 4.78 is 7.39. The molecule has 1 N–H and O–H groups in total. The second-order valence-corrected chi connectivity index (χ2v) is 7.28. The van der Waals surface area contributed by atoms with Crippen LogP contribution in [0, 0.1) is 6.92 Å². The predicted octanol–water partition coefficient (Wildman–Crippen LogP) is 2.54. The third kappa shape index (κ3) is 3.65. The quantitative estimate of drug-likeness (QED) is 0.643. The number of imide groups is 1. The van der Waals surface area contributed by atoms with Crippen molar-refractivity contribution in [1.29, 1.82) is 0 Å². The number of carbonyl (C=O) groups is 2. The Balaban J connectivity index is 1.59. The lowest BCUT2D eigenvalue weighted by atomic mass is 10.2. The van der Waals surface area contributed by atoms with Crippen molar-refractivity contribution in [3.63, 3.8) is 0 Å². The maximum Gasteiger partial charge on any atom is 0.324 e. The molecule has 2 aromatic heterocycles. The Morgan fingerprint density at radius 3 is 2.75 bits per heavy atom. The van der Waals surface area contributed by atoms with E-state index in [2.05, 4.69) is 15.5 Å². The molecule has 1 aliphatic heterocycles. The molecule has 144 valence electrons.